The zero-order chi connectivity index (χ0) is 22.3. The quantitative estimate of drug-likeness (QED) is 0.397. The van der Waals surface area contributed by atoms with E-state index in [4.69, 9.17) is 0 Å². The fourth-order valence-electron chi connectivity index (χ4n) is 2.85. The first-order valence-electron chi connectivity index (χ1n) is 10.7. The third-order valence-corrected chi connectivity index (χ3v) is 4.47. The van der Waals surface area contributed by atoms with E-state index in [1.807, 2.05) is 62.6 Å². The van der Waals surface area contributed by atoms with Gasteiger partial charge in [-0.1, -0.05) is 6.92 Å². The summed E-state index contributed by atoms with van der Waals surface area (Å²) in [5.74, 6) is 0. The summed E-state index contributed by atoms with van der Waals surface area (Å²) in [5.41, 5.74) is 3.83. The van der Waals surface area contributed by atoms with Gasteiger partial charge >= 0.3 is 0 Å². The van der Waals surface area contributed by atoms with Crippen LogP contribution >= 0.6 is 0 Å². The van der Waals surface area contributed by atoms with Crippen molar-refractivity contribution in [2.24, 2.45) is 0 Å². The van der Waals surface area contributed by atoms with Crippen molar-refractivity contribution < 1.29 is 0 Å². The van der Waals surface area contributed by atoms with Gasteiger partial charge in [-0.3, -0.25) is 0 Å². The Balaban J connectivity index is 0.000000182. The highest BCUT2D eigenvalue weighted by Gasteiger charge is 2.01. The van der Waals surface area contributed by atoms with Crippen LogP contribution in [0.1, 0.15) is 13.3 Å². The Labute approximate surface area is 184 Å². The Kier molecular flexibility index (Phi) is 11.2. The monoisotopic (exact) mass is 425 g/mol. The molecule has 0 aromatic carbocycles. The molecule has 9 heteroatoms. The summed E-state index contributed by atoms with van der Waals surface area (Å²) in [6, 6.07) is 7.83. The van der Waals surface area contributed by atoms with Crippen LogP contribution in [0.3, 0.4) is 0 Å². The predicted molar refractivity (Wildman–Crippen MR) is 127 cm³/mol. The van der Waals surface area contributed by atoms with Crippen LogP contribution in [0.15, 0.2) is 49.3 Å². The molecule has 0 spiro atoms. The number of likely N-dealkylation sites (N-methyl/N-ethyl adjacent to an activating group) is 2. The third-order valence-electron chi connectivity index (χ3n) is 4.47. The van der Waals surface area contributed by atoms with Crippen LogP contribution in [0.4, 0.5) is 0 Å². The molecule has 0 fully saturated rings. The van der Waals surface area contributed by atoms with Crippen LogP contribution in [0, 0.1) is 0 Å². The third kappa shape index (κ3) is 7.71. The standard InChI is InChI=1S/2C9H12N4.C4H11N/c1-10-5-6-13-7-12-9-8(13)3-2-4-11-9;1-10-5-6-13-7-12-8-3-2-4-11-9(8)13;1-3-4-5-2/h2*2-4,7,10H,5-6H2,1H3;5H,3-4H2,1-2H3. The first kappa shape index (κ1) is 24.4. The Morgan fingerprint density at radius 3 is 2.06 bits per heavy atom. The minimum absolute atomic E-state index is 0.818. The maximum atomic E-state index is 4.27. The lowest BCUT2D eigenvalue weighted by molar-refractivity contribution is 0.654. The fourth-order valence-corrected chi connectivity index (χ4v) is 2.85. The van der Waals surface area contributed by atoms with Gasteiger partial charge in [-0.05, 0) is 58.4 Å². The molecule has 0 saturated heterocycles. The summed E-state index contributed by atoms with van der Waals surface area (Å²) in [5, 5.41) is 9.21. The Bertz CT molecular complexity index is 913. The minimum Gasteiger partial charge on any atom is -0.328 e. The van der Waals surface area contributed by atoms with Crippen molar-refractivity contribution >= 4 is 22.3 Å². The zero-order valence-corrected chi connectivity index (χ0v) is 19.0. The number of nitrogens with one attached hydrogen (secondary N) is 3. The van der Waals surface area contributed by atoms with Crippen LogP contribution in [0.5, 0.6) is 0 Å². The van der Waals surface area contributed by atoms with Gasteiger partial charge in [-0.2, -0.15) is 0 Å². The SMILES string of the molecule is CCCNC.CNCCn1cnc2cccnc21.CNCCn1cnc2ncccc21. The highest BCUT2D eigenvalue weighted by Crippen LogP contribution is 2.08. The molecule has 4 rings (SSSR count). The number of fused-ring (bicyclic) bond motifs is 2. The van der Waals surface area contributed by atoms with Gasteiger partial charge in [0.2, 0.25) is 0 Å². The minimum atomic E-state index is 0.818. The number of nitrogens with zero attached hydrogens (tertiary/aromatic N) is 6. The summed E-state index contributed by atoms with van der Waals surface area (Å²) < 4.78 is 4.14. The van der Waals surface area contributed by atoms with E-state index >= 15 is 0 Å². The summed E-state index contributed by atoms with van der Waals surface area (Å²) >= 11 is 0. The Morgan fingerprint density at radius 1 is 0.742 bits per heavy atom. The van der Waals surface area contributed by atoms with Crippen LogP contribution in [-0.4, -0.2) is 69.8 Å². The largest absolute Gasteiger partial charge is 0.328 e. The van der Waals surface area contributed by atoms with Crippen LogP contribution in [0.2, 0.25) is 0 Å². The lowest BCUT2D eigenvalue weighted by Crippen LogP contribution is -2.14. The van der Waals surface area contributed by atoms with Crippen LogP contribution in [0.25, 0.3) is 22.3 Å². The average Bonchev–Trinajstić information content (AvgIpc) is 3.42. The number of hydrogen-bond acceptors (Lipinski definition) is 7. The summed E-state index contributed by atoms with van der Waals surface area (Å²) in [6.45, 7) is 7.00. The maximum Gasteiger partial charge on any atom is 0.177 e. The smallest absolute Gasteiger partial charge is 0.177 e. The van der Waals surface area contributed by atoms with E-state index in [9.17, 15) is 0 Å². The van der Waals surface area contributed by atoms with E-state index in [1.165, 1.54) is 6.42 Å². The maximum absolute atomic E-state index is 4.27. The molecule has 3 N–H and O–H groups in total. The highest BCUT2D eigenvalue weighted by atomic mass is 15.1. The molecule has 0 amide bonds. The molecule has 0 unspecified atom stereocenters. The molecule has 0 aliphatic rings. The molecule has 31 heavy (non-hydrogen) atoms. The van der Waals surface area contributed by atoms with Crippen molar-refractivity contribution in [1.82, 2.24) is 45.0 Å². The zero-order valence-electron chi connectivity index (χ0n) is 19.0. The molecule has 0 atom stereocenters. The van der Waals surface area contributed by atoms with Crippen LogP contribution < -0.4 is 16.0 Å². The second-order valence-electron chi connectivity index (χ2n) is 6.88. The Morgan fingerprint density at radius 2 is 1.39 bits per heavy atom. The van der Waals surface area contributed by atoms with E-state index in [-0.39, 0.29) is 0 Å². The fraction of sp³-hybridized carbons (Fsp3) is 0.455. The second kappa shape index (κ2) is 14.2. The predicted octanol–water partition coefficient (Wildman–Crippen LogP) is 1.92. The lowest BCUT2D eigenvalue weighted by atomic mass is 10.4. The molecule has 0 aliphatic carbocycles. The topological polar surface area (TPSA) is 97.5 Å². The molecule has 9 nitrogen and oxygen atoms in total. The van der Waals surface area contributed by atoms with Gasteiger partial charge in [0.1, 0.15) is 5.52 Å². The number of rotatable bonds is 8. The number of aromatic nitrogens is 6. The second-order valence-corrected chi connectivity index (χ2v) is 6.88. The molecule has 0 radical (unpaired) electrons. The van der Waals surface area contributed by atoms with E-state index < -0.39 is 0 Å². The average molecular weight is 426 g/mol. The van der Waals surface area contributed by atoms with Crippen molar-refractivity contribution in [2.75, 3.05) is 40.8 Å². The number of hydrogen-bond donors (Lipinski definition) is 3. The molecule has 0 bridgehead atoms. The van der Waals surface area contributed by atoms with Gasteiger partial charge in [0.05, 0.1) is 18.2 Å². The molecule has 0 saturated carbocycles. The highest BCUT2D eigenvalue weighted by molar-refractivity contribution is 5.70. The lowest BCUT2D eigenvalue weighted by Gasteiger charge is -2.01. The van der Waals surface area contributed by atoms with Crippen molar-refractivity contribution in [3.63, 3.8) is 0 Å². The van der Waals surface area contributed by atoms with Gasteiger partial charge in [0.25, 0.3) is 0 Å². The molecule has 4 aromatic heterocycles. The first-order chi connectivity index (χ1) is 15.2. The number of imidazole rings is 2. The van der Waals surface area contributed by atoms with Gasteiger partial charge in [-0.15, -0.1) is 0 Å². The van der Waals surface area contributed by atoms with E-state index in [0.717, 1.165) is 55.1 Å². The van der Waals surface area contributed by atoms with Crippen molar-refractivity contribution in [3.8, 4) is 0 Å². The van der Waals surface area contributed by atoms with Crippen LogP contribution in [-0.2, 0) is 13.1 Å². The first-order valence-corrected chi connectivity index (χ1v) is 10.7. The van der Waals surface area contributed by atoms with E-state index in [2.05, 4.69) is 47.4 Å². The molecule has 4 heterocycles. The molecular weight excluding hydrogens is 390 g/mol. The van der Waals surface area contributed by atoms with Crippen molar-refractivity contribution in [3.05, 3.63) is 49.3 Å². The van der Waals surface area contributed by atoms with Gasteiger partial charge < -0.3 is 25.1 Å². The van der Waals surface area contributed by atoms with E-state index in [0.29, 0.717) is 0 Å². The molecular formula is C22H35N9. The normalized spacial score (nSPS) is 10.5. The summed E-state index contributed by atoms with van der Waals surface area (Å²) in [6.07, 6.45) is 8.44. The van der Waals surface area contributed by atoms with E-state index in [1.54, 1.807) is 12.4 Å². The summed E-state index contributed by atoms with van der Waals surface area (Å²) in [4.78, 5) is 16.9. The molecule has 0 aliphatic heterocycles. The summed E-state index contributed by atoms with van der Waals surface area (Å²) in [7, 11) is 5.84. The van der Waals surface area contributed by atoms with Gasteiger partial charge in [0, 0.05) is 38.6 Å². The van der Waals surface area contributed by atoms with Gasteiger partial charge in [0.15, 0.2) is 11.3 Å². The van der Waals surface area contributed by atoms with Crippen molar-refractivity contribution in [2.45, 2.75) is 26.4 Å². The molecule has 168 valence electrons. The van der Waals surface area contributed by atoms with Gasteiger partial charge in [-0.25, -0.2) is 19.9 Å². The number of pyridine rings is 2. The Hall–Kier alpha value is -2.88. The molecule has 4 aromatic rings. The van der Waals surface area contributed by atoms with Crippen molar-refractivity contribution in [1.29, 1.82) is 0 Å².